The molecule has 0 spiro atoms. The highest BCUT2D eigenvalue weighted by Crippen LogP contribution is 2.28. The van der Waals surface area contributed by atoms with Gasteiger partial charge in [0.2, 0.25) is 5.88 Å². The number of carbonyl (C=O) groups is 1. The third-order valence-electron chi connectivity index (χ3n) is 5.77. The zero-order valence-electron chi connectivity index (χ0n) is 17.7. The summed E-state index contributed by atoms with van der Waals surface area (Å²) in [4.78, 5) is 31.8. The van der Waals surface area contributed by atoms with Crippen LogP contribution < -0.4 is 15.9 Å². The molecule has 3 N–H and O–H groups in total. The fourth-order valence-electron chi connectivity index (χ4n) is 4.11. The van der Waals surface area contributed by atoms with Crippen molar-refractivity contribution in [3.05, 3.63) is 76.7 Å². The van der Waals surface area contributed by atoms with Gasteiger partial charge in [-0.1, -0.05) is 30.3 Å². The lowest BCUT2D eigenvalue weighted by atomic mass is 10.1. The number of aromatic amines is 1. The second-order valence-corrected chi connectivity index (χ2v) is 7.95. The fourth-order valence-corrected chi connectivity index (χ4v) is 4.11. The van der Waals surface area contributed by atoms with Gasteiger partial charge in [0.15, 0.2) is 5.76 Å². The number of imidazole rings is 1. The molecular weight excluding hydrogens is 426 g/mol. The topological polar surface area (TPSA) is 126 Å². The van der Waals surface area contributed by atoms with Gasteiger partial charge >= 0.3 is 11.8 Å². The number of aromatic hydroxyl groups is 1. The minimum absolute atomic E-state index is 0.135. The highest BCUT2D eigenvalue weighted by molar-refractivity contribution is 5.78. The minimum atomic E-state index is -0.596. The van der Waals surface area contributed by atoms with Crippen LogP contribution >= 0.6 is 0 Å². The molecule has 0 radical (unpaired) electrons. The van der Waals surface area contributed by atoms with Crippen LogP contribution in [-0.4, -0.2) is 43.8 Å². The van der Waals surface area contributed by atoms with Crippen LogP contribution in [0.3, 0.4) is 0 Å². The monoisotopic (exact) mass is 449 g/mol. The predicted octanol–water partition coefficient (Wildman–Crippen LogP) is 2.95. The van der Waals surface area contributed by atoms with Gasteiger partial charge in [0.05, 0.1) is 17.4 Å². The lowest BCUT2D eigenvalue weighted by molar-refractivity contribution is 0.110. The fraction of sp³-hybridized carbons (Fsp3) is 0.261. The number of hydrogen-bond acceptors (Lipinski definition) is 7. The van der Waals surface area contributed by atoms with E-state index in [0.717, 1.165) is 16.6 Å². The number of aromatic nitrogens is 3. The molecule has 3 heterocycles. The highest BCUT2D eigenvalue weighted by Gasteiger charge is 2.28. The number of piperidine rings is 1. The summed E-state index contributed by atoms with van der Waals surface area (Å²) in [7, 11) is 0. The molecule has 0 atom stereocenters. The van der Waals surface area contributed by atoms with Gasteiger partial charge in [0, 0.05) is 31.6 Å². The number of nitrogens with zero attached hydrogens (tertiary/aromatic N) is 3. The molecule has 1 aliphatic rings. The maximum absolute atomic E-state index is 12.4. The highest BCUT2D eigenvalue weighted by atomic mass is 16.6. The molecule has 4 aromatic rings. The normalized spacial score (nSPS) is 15.0. The quantitative estimate of drug-likeness (QED) is 0.428. The number of ether oxygens (including phenoxy) is 1. The van der Waals surface area contributed by atoms with Crippen LogP contribution in [0.15, 0.2) is 64.1 Å². The van der Waals surface area contributed by atoms with Crippen molar-refractivity contribution >= 4 is 17.1 Å². The van der Waals surface area contributed by atoms with Crippen LogP contribution in [0.1, 0.15) is 30.2 Å². The Morgan fingerprint density at radius 2 is 2.00 bits per heavy atom. The van der Waals surface area contributed by atoms with Gasteiger partial charge in [-0.25, -0.2) is 24.1 Å². The molecule has 170 valence electrons. The summed E-state index contributed by atoms with van der Waals surface area (Å²) >= 11 is 0. The minimum Gasteiger partial charge on any atom is -0.492 e. The van der Waals surface area contributed by atoms with Crippen LogP contribution in [-0.2, 0) is 6.42 Å². The van der Waals surface area contributed by atoms with Crippen molar-refractivity contribution in [2.24, 2.45) is 0 Å². The van der Waals surface area contributed by atoms with Gasteiger partial charge in [0.1, 0.15) is 5.75 Å². The summed E-state index contributed by atoms with van der Waals surface area (Å²) in [5.41, 5.74) is 5.23. The number of fused-ring (bicyclic) bond motifs is 1. The average molecular weight is 449 g/mol. The first-order chi connectivity index (χ1) is 16.1. The van der Waals surface area contributed by atoms with Crippen molar-refractivity contribution in [2.45, 2.75) is 25.3 Å². The van der Waals surface area contributed by atoms with E-state index in [4.69, 9.17) is 9.15 Å². The molecule has 0 bridgehead atoms. The molecule has 1 fully saturated rings. The Morgan fingerprint density at radius 3 is 2.79 bits per heavy atom. The predicted molar refractivity (Wildman–Crippen MR) is 119 cm³/mol. The Kier molecular flexibility index (Phi) is 5.57. The van der Waals surface area contributed by atoms with E-state index in [1.54, 1.807) is 29.5 Å². The molecule has 0 saturated carbocycles. The molecule has 0 aliphatic carbocycles. The molecule has 1 saturated heterocycles. The van der Waals surface area contributed by atoms with E-state index < -0.39 is 11.8 Å². The SMILES string of the molecule is O=C(NN1CCC(n2c(O)c(Cc3ccccc3)oc2=O)CC1)Oc1ccc2nc[nH]c2c1. The summed E-state index contributed by atoms with van der Waals surface area (Å²) in [6.45, 7) is 0.981. The van der Waals surface area contributed by atoms with Gasteiger partial charge in [-0.3, -0.25) is 5.43 Å². The number of hydrogen-bond donors (Lipinski definition) is 3. The zero-order chi connectivity index (χ0) is 22.8. The maximum atomic E-state index is 12.4. The van der Waals surface area contributed by atoms with Gasteiger partial charge < -0.3 is 19.2 Å². The molecule has 2 aromatic heterocycles. The van der Waals surface area contributed by atoms with Crippen molar-refractivity contribution in [3.63, 3.8) is 0 Å². The third kappa shape index (κ3) is 4.46. The van der Waals surface area contributed by atoms with E-state index in [2.05, 4.69) is 15.4 Å². The third-order valence-corrected chi connectivity index (χ3v) is 5.77. The number of benzene rings is 2. The Balaban J connectivity index is 1.18. The van der Waals surface area contributed by atoms with E-state index in [1.807, 2.05) is 30.3 Å². The molecule has 5 rings (SSSR count). The van der Waals surface area contributed by atoms with E-state index in [9.17, 15) is 14.7 Å². The molecule has 2 aromatic carbocycles. The second kappa shape index (κ2) is 8.83. The van der Waals surface area contributed by atoms with E-state index >= 15 is 0 Å². The summed E-state index contributed by atoms with van der Waals surface area (Å²) in [5, 5.41) is 12.4. The van der Waals surface area contributed by atoms with Crippen LogP contribution in [0.2, 0.25) is 0 Å². The first-order valence-corrected chi connectivity index (χ1v) is 10.7. The Labute approximate surface area is 188 Å². The summed E-state index contributed by atoms with van der Waals surface area (Å²) in [6.07, 6.45) is 2.43. The number of amides is 1. The van der Waals surface area contributed by atoms with Crippen molar-refractivity contribution in [2.75, 3.05) is 13.1 Å². The van der Waals surface area contributed by atoms with Crippen LogP contribution in [0, 0.1) is 0 Å². The zero-order valence-corrected chi connectivity index (χ0v) is 17.7. The van der Waals surface area contributed by atoms with Crippen LogP contribution in [0.4, 0.5) is 4.79 Å². The Morgan fingerprint density at radius 1 is 1.21 bits per heavy atom. The number of rotatable bonds is 5. The van der Waals surface area contributed by atoms with Gasteiger partial charge in [-0.05, 0) is 30.5 Å². The lowest BCUT2D eigenvalue weighted by Crippen LogP contribution is -2.48. The van der Waals surface area contributed by atoms with Crippen molar-refractivity contribution < 1.29 is 19.1 Å². The molecular formula is C23H23N5O5. The molecule has 0 unspecified atom stereocenters. The van der Waals surface area contributed by atoms with Crippen molar-refractivity contribution in [1.29, 1.82) is 0 Å². The first kappa shape index (κ1) is 20.8. The molecule has 33 heavy (non-hydrogen) atoms. The smallest absolute Gasteiger partial charge is 0.427 e. The second-order valence-electron chi connectivity index (χ2n) is 7.95. The molecule has 10 nitrogen and oxygen atoms in total. The lowest BCUT2D eigenvalue weighted by Gasteiger charge is -2.31. The maximum Gasteiger partial charge on any atom is 0.427 e. The molecule has 10 heteroatoms. The first-order valence-electron chi connectivity index (χ1n) is 10.7. The van der Waals surface area contributed by atoms with Gasteiger partial charge in [-0.15, -0.1) is 0 Å². The Bertz CT molecular complexity index is 1320. The molecule has 1 amide bonds. The molecule has 1 aliphatic heterocycles. The number of hydrazine groups is 1. The summed E-state index contributed by atoms with van der Waals surface area (Å²) < 4.78 is 12.0. The van der Waals surface area contributed by atoms with Crippen molar-refractivity contribution in [3.8, 4) is 11.6 Å². The van der Waals surface area contributed by atoms with Crippen molar-refractivity contribution in [1.82, 2.24) is 25.0 Å². The Hall–Kier alpha value is -4.05. The number of oxazole rings is 1. The largest absolute Gasteiger partial charge is 0.492 e. The van der Waals surface area contributed by atoms with E-state index in [-0.39, 0.29) is 17.7 Å². The van der Waals surface area contributed by atoms with E-state index in [0.29, 0.717) is 38.1 Å². The van der Waals surface area contributed by atoms with E-state index in [1.165, 1.54) is 4.57 Å². The standard InChI is InChI=1S/C23H23N5O5/c29-21-20(12-15-4-2-1-3-5-15)33-23(31)28(21)16-8-10-27(11-9-16)26-22(30)32-17-6-7-18-19(13-17)25-14-24-18/h1-7,13-14,16,29H,8-12H2,(H,24,25)(H,26,30). The summed E-state index contributed by atoms with van der Waals surface area (Å²) in [5.74, 6) is -0.0492. The number of H-pyrrole nitrogens is 1. The van der Waals surface area contributed by atoms with Gasteiger partial charge in [-0.2, -0.15) is 0 Å². The van der Waals surface area contributed by atoms with Crippen LogP contribution in [0.25, 0.3) is 11.0 Å². The number of nitrogens with one attached hydrogen (secondary N) is 2. The number of carbonyl (C=O) groups excluding carboxylic acids is 1. The van der Waals surface area contributed by atoms with Crippen LogP contribution in [0.5, 0.6) is 11.6 Å². The summed E-state index contributed by atoms with van der Waals surface area (Å²) in [6, 6.07) is 14.4. The average Bonchev–Trinajstić information content (AvgIpc) is 3.38. The van der Waals surface area contributed by atoms with Gasteiger partial charge in [0.25, 0.3) is 0 Å².